The Balaban J connectivity index is 2.59. The predicted octanol–water partition coefficient (Wildman–Crippen LogP) is 0.672. The maximum atomic E-state index is 12.1. The quantitative estimate of drug-likeness (QED) is 0.716. The van der Waals surface area contributed by atoms with E-state index in [-0.39, 0.29) is 16.8 Å². The Hall–Kier alpha value is -0.680. The fraction of sp³-hybridized carbons (Fsp3) is 0.818. The molecule has 1 fully saturated rings. The van der Waals surface area contributed by atoms with Gasteiger partial charge in [0, 0.05) is 13.1 Å². The van der Waals surface area contributed by atoms with E-state index < -0.39 is 5.60 Å². The second-order valence-electron chi connectivity index (χ2n) is 4.69. The monoisotopic (exact) mass is 244 g/mol. The largest absolute Gasteiger partial charge is 0.393 e. The Morgan fingerprint density at radius 1 is 1.56 bits per heavy atom. The van der Waals surface area contributed by atoms with Crippen LogP contribution in [0.3, 0.4) is 0 Å². The Bertz CT molecular complexity index is 282. The maximum absolute atomic E-state index is 12.1. The van der Waals surface area contributed by atoms with Crippen molar-refractivity contribution in [1.29, 1.82) is 0 Å². The summed E-state index contributed by atoms with van der Waals surface area (Å²) < 4.78 is 0. The molecule has 1 rings (SSSR count). The molecule has 4 nitrogen and oxygen atoms in total. The molecule has 1 aliphatic rings. The van der Waals surface area contributed by atoms with Crippen LogP contribution in [0.15, 0.2) is 0 Å². The molecule has 5 heteroatoms. The molecule has 1 saturated heterocycles. The molecule has 0 radical (unpaired) electrons. The van der Waals surface area contributed by atoms with Gasteiger partial charge >= 0.3 is 0 Å². The lowest BCUT2D eigenvalue weighted by molar-refractivity contribution is -0.137. The van der Waals surface area contributed by atoms with Crippen molar-refractivity contribution in [2.45, 2.75) is 38.7 Å². The smallest absolute Gasteiger partial charge is 0.232 e. The van der Waals surface area contributed by atoms with Gasteiger partial charge < -0.3 is 15.7 Å². The number of hydrogen-bond acceptors (Lipinski definition) is 3. The zero-order chi connectivity index (χ0) is 12.3. The summed E-state index contributed by atoms with van der Waals surface area (Å²) in [6.45, 7) is 4.89. The first kappa shape index (κ1) is 13.4. The minimum atomic E-state index is -0.637. The summed E-state index contributed by atoms with van der Waals surface area (Å²) in [6.07, 6.45) is 1.88. The molecule has 1 atom stereocenters. The highest BCUT2D eigenvalue weighted by atomic mass is 32.1. The van der Waals surface area contributed by atoms with Gasteiger partial charge in [-0.25, -0.2) is 0 Å². The van der Waals surface area contributed by atoms with Crippen LogP contribution in [-0.4, -0.2) is 39.6 Å². The molecule has 0 aliphatic carbocycles. The third-order valence-electron chi connectivity index (χ3n) is 3.20. The van der Waals surface area contributed by atoms with Crippen LogP contribution in [0.5, 0.6) is 0 Å². The predicted molar refractivity (Wildman–Crippen MR) is 67.0 cm³/mol. The van der Waals surface area contributed by atoms with Crippen molar-refractivity contribution in [2.75, 3.05) is 13.1 Å². The van der Waals surface area contributed by atoms with Gasteiger partial charge in [0.05, 0.1) is 16.5 Å². The number of hydrogen-bond donors (Lipinski definition) is 2. The number of amides is 1. The highest BCUT2D eigenvalue weighted by Crippen LogP contribution is 2.22. The van der Waals surface area contributed by atoms with Crippen molar-refractivity contribution in [3.63, 3.8) is 0 Å². The first-order chi connectivity index (χ1) is 7.37. The zero-order valence-corrected chi connectivity index (χ0v) is 10.7. The highest BCUT2D eigenvalue weighted by molar-refractivity contribution is 7.80. The van der Waals surface area contributed by atoms with Crippen molar-refractivity contribution in [1.82, 2.24) is 4.90 Å². The lowest BCUT2D eigenvalue weighted by Crippen LogP contribution is -2.48. The number of thiocarbonyl (C=S) groups is 1. The molecule has 0 aromatic rings. The van der Waals surface area contributed by atoms with Crippen LogP contribution < -0.4 is 5.73 Å². The maximum Gasteiger partial charge on any atom is 0.232 e. The molecule has 1 heterocycles. The average molecular weight is 244 g/mol. The van der Waals surface area contributed by atoms with E-state index in [4.69, 9.17) is 18.0 Å². The number of nitrogens with two attached hydrogens (primary N) is 1. The van der Waals surface area contributed by atoms with Gasteiger partial charge in [-0.15, -0.1) is 0 Å². The lowest BCUT2D eigenvalue weighted by Gasteiger charge is -2.37. The van der Waals surface area contributed by atoms with Gasteiger partial charge in [-0.1, -0.05) is 19.1 Å². The summed E-state index contributed by atoms with van der Waals surface area (Å²) in [5.41, 5.74) is 4.91. The van der Waals surface area contributed by atoms with Crippen molar-refractivity contribution in [3.8, 4) is 0 Å². The summed E-state index contributed by atoms with van der Waals surface area (Å²) in [7, 11) is 0. The Kier molecular flexibility index (Phi) is 4.27. The molecule has 0 aromatic heterocycles. The topological polar surface area (TPSA) is 66.6 Å². The van der Waals surface area contributed by atoms with Crippen molar-refractivity contribution in [3.05, 3.63) is 0 Å². The third kappa shape index (κ3) is 3.15. The zero-order valence-electron chi connectivity index (χ0n) is 9.90. The molecule has 1 unspecified atom stereocenters. The van der Waals surface area contributed by atoms with Crippen LogP contribution >= 0.6 is 12.2 Å². The number of aliphatic hydroxyl groups is 1. The van der Waals surface area contributed by atoms with E-state index in [1.54, 1.807) is 11.8 Å². The second-order valence-corrected chi connectivity index (χ2v) is 5.16. The SMILES string of the molecule is CCC(C(=O)N1CCC(C)(O)CC1)C(N)=S. The normalized spacial score (nSPS) is 21.6. The first-order valence-electron chi connectivity index (χ1n) is 5.68. The average Bonchev–Trinajstić information content (AvgIpc) is 2.17. The van der Waals surface area contributed by atoms with E-state index in [0.29, 0.717) is 32.4 Å². The minimum absolute atomic E-state index is 0.00509. The lowest BCUT2D eigenvalue weighted by atomic mass is 9.92. The minimum Gasteiger partial charge on any atom is -0.393 e. The number of carbonyl (C=O) groups is 1. The first-order valence-corrected chi connectivity index (χ1v) is 6.08. The molecule has 16 heavy (non-hydrogen) atoms. The van der Waals surface area contributed by atoms with Gasteiger partial charge in [0.1, 0.15) is 0 Å². The van der Waals surface area contributed by atoms with E-state index in [2.05, 4.69) is 0 Å². The summed E-state index contributed by atoms with van der Waals surface area (Å²) >= 11 is 4.89. The molecule has 1 aliphatic heterocycles. The molecule has 3 N–H and O–H groups in total. The van der Waals surface area contributed by atoms with Crippen LogP contribution in [0, 0.1) is 5.92 Å². The van der Waals surface area contributed by atoms with Gasteiger partial charge in [0.25, 0.3) is 0 Å². The van der Waals surface area contributed by atoms with Crippen molar-refractivity contribution < 1.29 is 9.90 Å². The number of piperidine rings is 1. The molecule has 0 bridgehead atoms. The number of likely N-dealkylation sites (tertiary alicyclic amines) is 1. The molecular formula is C11H20N2O2S. The summed E-state index contributed by atoms with van der Waals surface area (Å²) in [4.78, 5) is 14.1. The van der Waals surface area contributed by atoms with Crippen LogP contribution in [0.4, 0.5) is 0 Å². The van der Waals surface area contributed by atoms with E-state index in [0.717, 1.165) is 0 Å². The molecule has 92 valence electrons. The van der Waals surface area contributed by atoms with Gasteiger partial charge in [-0.3, -0.25) is 4.79 Å². The summed E-state index contributed by atoms with van der Waals surface area (Å²) in [6, 6.07) is 0. The van der Waals surface area contributed by atoms with Gasteiger partial charge in [-0.05, 0) is 26.2 Å². The second kappa shape index (κ2) is 5.10. The van der Waals surface area contributed by atoms with Crippen molar-refractivity contribution in [2.24, 2.45) is 11.7 Å². The number of rotatable bonds is 3. The van der Waals surface area contributed by atoms with Gasteiger partial charge in [0.2, 0.25) is 5.91 Å². The van der Waals surface area contributed by atoms with E-state index >= 15 is 0 Å². The van der Waals surface area contributed by atoms with Crippen LogP contribution in [0.2, 0.25) is 0 Å². The van der Waals surface area contributed by atoms with Crippen LogP contribution in [0.1, 0.15) is 33.1 Å². The molecular weight excluding hydrogens is 224 g/mol. The Labute approximate surface area is 102 Å². The van der Waals surface area contributed by atoms with Gasteiger partial charge in [0.15, 0.2) is 0 Å². The molecule has 0 aromatic carbocycles. The van der Waals surface area contributed by atoms with E-state index in [1.165, 1.54) is 0 Å². The third-order valence-corrected chi connectivity index (χ3v) is 3.49. The number of carbonyl (C=O) groups excluding carboxylic acids is 1. The van der Waals surface area contributed by atoms with Crippen molar-refractivity contribution >= 4 is 23.1 Å². The molecule has 1 amide bonds. The number of nitrogens with zero attached hydrogens (tertiary/aromatic N) is 1. The van der Waals surface area contributed by atoms with E-state index in [1.807, 2.05) is 6.92 Å². The summed E-state index contributed by atoms with van der Waals surface area (Å²) in [5.74, 6) is -0.344. The highest BCUT2D eigenvalue weighted by Gasteiger charge is 2.32. The summed E-state index contributed by atoms with van der Waals surface area (Å²) in [5, 5.41) is 9.79. The Morgan fingerprint density at radius 2 is 2.06 bits per heavy atom. The fourth-order valence-electron chi connectivity index (χ4n) is 1.93. The van der Waals surface area contributed by atoms with Crippen LogP contribution in [-0.2, 0) is 4.79 Å². The van der Waals surface area contributed by atoms with Crippen LogP contribution in [0.25, 0.3) is 0 Å². The standard InChI is InChI=1S/C11H20N2O2S/c1-3-8(9(12)16)10(14)13-6-4-11(2,15)5-7-13/h8,15H,3-7H2,1-2H3,(H2,12,16). The Morgan fingerprint density at radius 3 is 2.44 bits per heavy atom. The van der Waals surface area contributed by atoms with E-state index in [9.17, 15) is 9.90 Å². The fourth-order valence-corrected chi connectivity index (χ4v) is 2.19. The van der Waals surface area contributed by atoms with Gasteiger partial charge in [-0.2, -0.15) is 0 Å². The molecule has 0 saturated carbocycles. The molecule has 0 spiro atoms.